The minimum Gasteiger partial charge on any atom is -0.391 e. The second kappa shape index (κ2) is 6.86. The van der Waals surface area contributed by atoms with Gasteiger partial charge in [-0.3, -0.25) is 4.79 Å². The Morgan fingerprint density at radius 3 is 2.95 bits per heavy atom. The van der Waals surface area contributed by atoms with Crippen molar-refractivity contribution in [2.45, 2.75) is 38.8 Å². The highest BCUT2D eigenvalue weighted by Gasteiger charge is 2.25. The summed E-state index contributed by atoms with van der Waals surface area (Å²) in [7, 11) is 0. The van der Waals surface area contributed by atoms with Gasteiger partial charge >= 0.3 is 0 Å². The first-order valence-corrected chi connectivity index (χ1v) is 7.35. The molecule has 2 rings (SSSR count). The standard InChI is InChI=1S/C16H24N2O2/c1-11(2)9-13(19)10-18-16(20)15-14-6-4-3-5-12(14)7-8-17-15/h3-6,11,13,15,17,19H,7-10H2,1-2H3,(H,18,20). The van der Waals surface area contributed by atoms with E-state index < -0.39 is 6.10 Å². The van der Waals surface area contributed by atoms with Crippen LogP contribution in [0.1, 0.15) is 37.4 Å². The van der Waals surface area contributed by atoms with E-state index in [4.69, 9.17) is 0 Å². The number of rotatable bonds is 5. The van der Waals surface area contributed by atoms with E-state index in [-0.39, 0.29) is 11.9 Å². The molecule has 1 aromatic rings. The van der Waals surface area contributed by atoms with Crippen molar-refractivity contribution in [1.29, 1.82) is 0 Å². The third-order valence-electron chi connectivity index (χ3n) is 3.63. The van der Waals surface area contributed by atoms with Crippen LogP contribution in [0.3, 0.4) is 0 Å². The molecule has 2 atom stereocenters. The molecule has 0 bridgehead atoms. The average molecular weight is 276 g/mol. The fraction of sp³-hybridized carbons (Fsp3) is 0.562. The van der Waals surface area contributed by atoms with Gasteiger partial charge in [0.15, 0.2) is 0 Å². The summed E-state index contributed by atoms with van der Waals surface area (Å²) in [6, 6.07) is 7.73. The van der Waals surface area contributed by atoms with E-state index in [9.17, 15) is 9.90 Å². The van der Waals surface area contributed by atoms with Crippen LogP contribution in [-0.4, -0.2) is 30.2 Å². The molecule has 1 amide bonds. The number of nitrogens with one attached hydrogen (secondary N) is 2. The SMILES string of the molecule is CC(C)CC(O)CNC(=O)C1NCCc2ccccc21. The van der Waals surface area contributed by atoms with Gasteiger partial charge in [0, 0.05) is 13.1 Å². The maximum absolute atomic E-state index is 12.3. The molecule has 20 heavy (non-hydrogen) atoms. The summed E-state index contributed by atoms with van der Waals surface area (Å²) in [5.74, 6) is 0.371. The molecule has 4 nitrogen and oxygen atoms in total. The zero-order valence-corrected chi connectivity index (χ0v) is 12.2. The molecular formula is C16H24N2O2. The maximum Gasteiger partial charge on any atom is 0.241 e. The van der Waals surface area contributed by atoms with Crippen molar-refractivity contribution in [3.63, 3.8) is 0 Å². The molecular weight excluding hydrogens is 252 g/mol. The Bertz CT molecular complexity index is 460. The first-order chi connectivity index (χ1) is 9.58. The highest BCUT2D eigenvalue weighted by Crippen LogP contribution is 2.22. The molecule has 110 valence electrons. The van der Waals surface area contributed by atoms with Crippen LogP contribution in [0, 0.1) is 5.92 Å². The van der Waals surface area contributed by atoms with Crippen molar-refractivity contribution >= 4 is 5.91 Å². The molecule has 0 aliphatic carbocycles. The normalized spacial score (nSPS) is 19.5. The van der Waals surface area contributed by atoms with Crippen LogP contribution in [0.5, 0.6) is 0 Å². The lowest BCUT2D eigenvalue weighted by Gasteiger charge is -2.26. The lowest BCUT2D eigenvalue weighted by Crippen LogP contribution is -2.43. The fourth-order valence-corrected chi connectivity index (χ4v) is 2.69. The monoisotopic (exact) mass is 276 g/mol. The van der Waals surface area contributed by atoms with Crippen molar-refractivity contribution in [2.24, 2.45) is 5.92 Å². The molecule has 2 unspecified atom stereocenters. The Labute approximate surface area is 120 Å². The third-order valence-corrected chi connectivity index (χ3v) is 3.63. The number of fused-ring (bicyclic) bond motifs is 1. The van der Waals surface area contributed by atoms with Crippen molar-refractivity contribution < 1.29 is 9.90 Å². The molecule has 3 N–H and O–H groups in total. The van der Waals surface area contributed by atoms with Gasteiger partial charge in [-0.2, -0.15) is 0 Å². The summed E-state index contributed by atoms with van der Waals surface area (Å²) in [5, 5.41) is 15.9. The van der Waals surface area contributed by atoms with Gasteiger partial charge in [-0.1, -0.05) is 38.1 Å². The quantitative estimate of drug-likeness (QED) is 0.762. The van der Waals surface area contributed by atoms with Crippen LogP contribution in [0.4, 0.5) is 0 Å². The minimum absolute atomic E-state index is 0.0556. The smallest absolute Gasteiger partial charge is 0.241 e. The predicted molar refractivity (Wildman–Crippen MR) is 79.4 cm³/mol. The maximum atomic E-state index is 12.3. The Morgan fingerprint density at radius 1 is 1.45 bits per heavy atom. The molecule has 1 aromatic carbocycles. The summed E-state index contributed by atoms with van der Waals surface area (Å²) < 4.78 is 0. The highest BCUT2D eigenvalue weighted by atomic mass is 16.3. The highest BCUT2D eigenvalue weighted by molar-refractivity contribution is 5.83. The molecule has 0 aromatic heterocycles. The summed E-state index contributed by atoms with van der Waals surface area (Å²) in [5.41, 5.74) is 2.28. The lowest BCUT2D eigenvalue weighted by molar-refractivity contribution is -0.124. The summed E-state index contributed by atoms with van der Waals surface area (Å²) in [6.07, 6.45) is 1.18. The van der Waals surface area contributed by atoms with Crippen LogP contribution in [0.25, 0.3) is 0 Å². The van der Waals surface area contributed by atoms with Gasteiger partial charge < -0.3 is 15.7 Å². The number of amides is 1. The van der Waals surface area contributed by atoms with E-state index in [1.54, 1.807) is 0 Å². The van der Waals surface area contributed by atoms with Crippen molar-refractivity contribution in [3.8, 4) is 0 Å². The number of carbonyl (C=O) groups excluding carboxylic acids is 1. The van der Waals surface area contributed by atoms with Crippen LogP contribution >= 0.6 is 0 Å². The van der Waals surface area contributed by atoms with E-state index in [1.807, 2.05) is 18.2 Å². The van der Waals surface area contributed by atoms with Gasteiger partial charge in [0.1, 0.15) is 6.04 Å². The van der Waals surface area contributed by atoms with Crippen molar-refractivity contribution in [2.75, 3.05) is 13.1 Å². The summed E-state index contributed by atoms with van der Waals surface area (Å²) >= 11 is 0. The lowest BCUT2D eigenvalue weighted by atomic mass is 9.94. The number of aliphatic hydroxyl groups excluding tert-OH is 1. The van der Waals surface area contributed by atoms with Gasteiger partial charge in [0.25, 0.3) is 0 Å². The van der Waals surface area contributed by atoms with Crippen molar-refractivity contribution in [1.82, 2.24) is 10.6 Å². The van der Waals surface area contributed by atoms with E-state index in [1.165, 1.54) is 5.56 Å². The molecule has 1 aliphatic rings. The van der Waals surface area contributed by atoms with Crippen LogP contribution < -0.4 is 10.6 Å². The molecule has 4 heteroatoms. The molecule has 0 spiro atoms. The minimum atomic E-state index is -0.474. The van der Waals surface area contributed by atoms with Crippen LogP contribution in [0.15, 0.2) is 24.3 Å². The molecule has 0 saturated carbocycles. The van der Waals surface area contributed by atoms with Gasteiger partial charge in [-0.25, -0.2) is 0 Å². The Morgan fingerprint density at radius 2 is 2.20 bits per heavy atom. The first-order valence-electron chi connectivity index (χ1n) is 7.35. The molecule has 1 heterocycles. The van der Waals surface area contributed by atoms with Crippen LogP contribution in [-0.2, 0) is 11.2 Å². The van der Waals surface area contributed by atoms with Crippen molar-refractivity contribution in [3.05, 3.63) is 35.4 Å². The zero-order valence-electron chi connectivity index (χ0n) is 12.2. The number of aliphatic hydroxyl groups is 1. The van der Waals surface area contributed by atoms with E-state index in [0.29, 0.717) is 18.9 Å². The second-order valence-corrected chi connectivity index (χ2v) is 5.86. The number of hydrogen-bond donors (Lipinski definition) is 3. The molecule has 0 radical (unpaired) electrons. The Hall–Kier alpha value is -1.39. The first kappa shape index (κ1) is 15.0. The van der Waals surface area contributed by atoms with E-state index in [2.05, 4.69) is 30.5 Å². The van der Waals surface area contributed by atoms with Gasteiger partial charge in [-0.05, 0) is 29.9 Å². The number of carbonyl (C=O) groups is 1. The molecule has 0 saturated heterocycles. The third kappa shape index (κ3) is 3.81. The molecule has 1 aliphatic heterocycles. The Balaban J connectivity index is 1.94. The number of hydrogen-bond acceptors (Lipinski definition) is 3. The van der Waals surface area contributed by atoms with Crippen LogP contribution in [0.2, 0.25) is 0 Å². The predicted octanol–water partition coefficient (Wildman–Crippen LogP) is 1.40. The summed E-state index contributed by atoms with van der Waals surface area (Å²) in [6.45, 7) is 5.25. The van der Waals surface area contributed by atoms with Gasteiger partial charge in [0.2, 0.25) is 5.91 Å². The van der Waals surface area contributed by atoms with Gasteiger partial charge in [0.05, 0.1) is 6.10 Å². The zero-order chi connectivity index (χ0) is 14.5. The Kier molecular flexibility index (Phi) is 5.15. The average Bonchev–Trinajstić information content (AvgIpc) is 2.43. The van der Waals surface area contributed by atoms with E-state index >= 15 is 0 Å². The topological polar surface area (TPSA) is 61.4 Å². The summed E-state index contributed by atoms with van der Waals surface area (Å²) in [4.78, 5) is 12.3. The fourth-order valence-electron chi connectivity index (χ4n) is 2.69. The largest absolute Gasteiger partial charge is 0.391 e. The second-order valence-electron chi connectivity index (χ2n) is 5.86. The van der Waals surface area contributed by atoms with Gasteiger partial charge in [-0.15, -0.1) is 0 Å². The van der Waals surface area contributed by atoms with E-state index in [0.717, 1.165) is 18.5 Å². The molecule has 0 fully saturated rings. The number of benzene rings is 1.